The summed E-state index contributed by atoms with van der Waals surface area (Å²) in [4.78, 5) is 23.8. The maximum atomic E-state index is 11.7. The third-order valence-corrected chi connectivity index (χ3v) is 3.05. The number of benzene rings is 1. The van der Waals surface area contributed by atoms with E-state index in [1.54, 1.807) is 6.08 Å². The molecule has 2 amide bonds. The van der Waals surface area contributed by atoms with Gasteiger partial charge in [-0.2, -0.15) is 0 Å². The summed E-state index contributed by atoms with van der Waals surface area (Å²) in [6.07, 6.45) is 3.88. The molecule has 0 radical (unpaired) electrons. The molecule has 1 aliphatic rings. The van der Waals surface area contributed by atoms with Crippen LogP contribution in [-0.4, -0.2) is 28.0 Å². The summed E-state index contributed by atoms with van der Waals surface area (Å²) in [6, 6.07) is 9.35. The van der Waals surface area contributed by atoms with E-state index >= 15 is 0 Å². The summed E-state index contributed by atoms with van der Waals surface area (Å²) >= 11 is 0. The SMILES string of the molecule is O=C(O)N1C(=O)C=CCCC1Cc1ccccc1. The molecule has 0 saturated carbocycles. The smallest absolute Gasteiger partial charge is 0.414 e. The second-order valence-electron chi connectivity index (χ2n) is 4.31. The van der Waals surface area contributed by atoms with Crippen LogP contribution in [0, 0.1) is 0 Å². The van der Waals surface area contributed by atoms with E-state index in [4.69, 9.17) is 5.11 Å². The van der Waals surface area contributed by atoms with Gasteiger partial charge in [0.15, 0.2) is 0 Å². The van der Waals surface area contributed by atoms with Gasteiger partial charge in [-0.3, -0.25) is 4.79 Å². The number of carboxylic acid groups (broad SMARTS) is 1. The van der Waals surface area contributed by atoms with Gasteiger partial charge in [-0.25, -0.2) is 9.69 Å². The summed E-state index contributed by atoms with van der Waals surface area (Å²) in [5.74, 6) is -0.444. The van der Waals surface area contributed by atoms with Crippen LogP contribution in [-0.2, 0) is 11.2 Å². The third kappa shape index (κ3) is 2.77. The zero-order chi connectivity index (χ0) is 13.0. The molecule has 2 rings (SSSR count). The summed E-state index contributed by atoms with van der Waals surface area (Å²) in [7, 11) is 0. The predicted molar refractivity (Wildman–Crippen MR) is 67.2 cm³/mol. The minimum atomic E-state index is -1.17. The Morgan fingerprint density at radius 2 is 2.06 bits per heavy atom. The van der Waals surface area contributed by atoms with Gasteiger partial charge < -0.3 is 5.11 Å². The van der Waals surface area contributed by atoms with Crippen molar-refractivity contribution in [3.63, 3.8) is 0 Å². The second-order valence-corrected chi connectivity index (χ2v) is 4.31. The molecule has 0 aliphatic carbocycles. The zero-order valence-corrected chi connectivity index (χ0v) is 9.95. The largest absolute Gasteiger partial charge is 0.465 e. The van der Waals surface area contributed by atoms with Gasteiger partial charge in [-0.05, 0) is 30.9 Å². The van der Waals surface area contributed by atoms with Crippen LogP contribution in [0.3, 0.4) is 0 Å². The van der Waals surface area contributed by atoms with Gasteiger partial charge in [0.05, 0.1) is 0 Å². The molecule has 1 atom stereocenters. The maximum Gasteiger partial charge on any atom is 0.414 e. The number of hydrogen-bond acceptors (Lipinski definition) is 2. The Morgan fingerprint density at radius 3 is 2.72 bits per heavy atom. The average molecular weight is 245 g/mol. The van der Waals surface area contributed by atoms with Crippen LogP contribution >= 0.6 is 0 Å². The normalized spacial score (nSPS) is 19.7. The van der Waals surface area contributed by atoms with Crippen molar-refractivity contribution >= 4 is 12.0 Å². The molecule has 0 spiro atoms. The Bertz CT molecular complexity index is 467. The van der Waals surface area contributed by atoms with Crippen LogP contribution in [0.5, 0.6) is 0 Å². The number of allylic oxidation sites excluding steroid dienone is 1. The van der Waals surface area contributed by atoms with Crippen LogP contribution in [0.2, 0.25) is 0 Å². The summed E-state index contributed by atoms with van der Waals surface area (Å²) in [5.41, 5.74) is 1.04. The first-order chi connectivity index (χ1) is 8.68. The molecule has 4 heteroatoms. The van der Waals surface area contributed by atoms with E-state index in [0.717, 1.165) is 16.9 Å². The van der Waals surface area contributed by atoms with Crippen molar-refractivity contribution in [1.29, 1.82) is 0 Å². The van der Waals surface area contributed by atoms with E-state index in [-0.39, 0.29) is 6.04 Å². The predicted octanol–water partition coefficient (Wildman–Crippen LogP) is 2.45. The molecule has 1 aromatic rings. The first kappa shape index (κ1) is 12.4. The van der Waals surface area contributed by atoms with Crippen LogP contribution in [0.4, 0.5) is 4.79 Å². The highest BCUT2D eigenvalue weighted by Gasteiger charge is 2.29. The molecule has 1 N–H and O–H groups in total. The molecule has 94 valence electrons. The second kappa shape index (κ2) is 5.49. The quantitative estimate of drug-likeness (QED) is 0.870. The van der Waals surface area contributed by atoms with Gasteiger partial charge in [0, 0.05) is 6.04 Å². The number of rotatable bonds is 2. The van der Waals surface area contributed by atoms with Crippen LogP contribution < -0.4 is 0 Å². The lowest BCUT2D eigenvalue weighted by Gasteiger charge is -2.25. The van der Waals surface area contributed by atoms with Gasteiger partial charge in [0.2, 0.25) is 0 Å². The highest BCUT2D eigenvalue weighted by Crippen LogP contribution is 2.18. The fraction of sp³-hybridized carbons (Fsp3) is 0.286. The van der Waals surface area contributed by atoms with Gasteiger partial charge in [0.25, 0.3) is 5.91 Å². The first-order valence-electron chi connectivity index (χ1n) is 5.95. The molecule has 0 bridgehead atoms. The molecular formula is C14H15NO3. The van der Waals surface area contributed by atoms with Gasteiger partial charge in [0.1, 0.15) is 0 Å². The molecule has 0 saturated heterocycles. The van der Waals surface area contributed by atoms with Crippen molar-refractivity contribution in [2.75, 3.05) is 0 Å². The lowest BCUT2D eigenvalue weighted by Crippen LogP contribution is -2.43. The van der Waals surface area contributed by atoms with Gasteiger partial charge in [-0.15, -0.1) is 0 Å². The molecule has 18 heavy (non-hydrogen) atoms. The Kier molecular flexibility index (Phi) is 3.77. The molecule has 1 unspecified atom stereocenters. The van der Waals surface area contributed by atoms with E-state index in [2.05, 4.69) is 0 Å². The molecule has 1 aliphatic heterocycles. The highest BCUT2D eigenvalue weighted by molar-refractivity contribution is 5.98. The van der Waals surface area contributed by atoms with Gasteiger partial charge in [-0.1, -0.05) is 36.4 Å². The molecule has 0 fully saturated rings. The van der Waals surface area contributed by atoms with E-state index in [0.29, 0.717) is 12.8 Å². The third-order valence-electron chi connectivity index (χ3n) is 3.05. The lowest BCUT2D eigenvalue weighted by atomic mass is 10.0. The number of imide groups is 1. The number of carbonyl (C=O) groups is 2. The number of carbonyl (C=O) groups excluding carboxylic acids is 1. The van der Waals surface area contributed by atoms with Crippen LogP contribution in [0.15, 0.2) is 42.5 Å². The Morgan fingerprint density at radius 1 is 1.33 bits per heavy atom. The van der Waals surface area contributed by atoms with Gasteiger partial charge >= 0.3 is 6.09 Å². The zero-order valence-electron chi connectivity index (χ0n) is 9.95. The maximum absolute atomic E-state index is 11.7. The molecule has 0 aromatic heterocycles. The van der Waals surface area contributed by atoms with Crippen molar-refractivity contribution in [3.05, 3.63) is 48.0 Å². The summed E-state index contributed by atoms with van der Waals surface area (Å²) < 4.78 is 0. The minimum absolute atomic E-state index is 0.285. The standard InChI is InChI=1S/C14H15NO3/c16-13-9-5-4-8-12(15(13)14(17)18)10-11-6-2-1-3-7-11/h1-3,5-7,9,12H,4,8,10H2,(H,17,18). The topological polar surface area (TPSA) is 57.6 Å². The van der Waals surface area contributed by atoms with E-state index < -0.39 is 12.0 Å². The average Bonchev–Trinajstić information content (AvgIpc) is 2.52. The molecule has 1 heterocycles. The van der Waals surface area contributed by atoms with E-state index in [9.17, 15) is 9.59 Å². The fourth-order valence-corrected chi connectivity index (χ4v) is 2.19. The van der Waals surface area contributed by atoms with Crippen molar-refractivity contribution in [3.8, 4) is 0 Å². The van der Waals surface area contributed by atoms with Crippen molar-refractivity contribution in [1.82, 2.24) is 4.90 Å². The molecular weight excluding hydrogens is 230 g/mol. The number of hydrogen-bond donors (Lipinski definition) is 1. The summed E-state index contributed by atoms with van der Waals surface area (Å²) in [6.45, 7) is 0. The first-order valence-corrected chi connectivity index (χ1v) is 5.95. The lowest BCUT2D eigenvalue weighted by molar-refractivity contribution is -0.125. The van der Waals surface area contributed by atoms with Crippen LogP contribution in [0.1, 0.15) is 18.4 Å². The van der Waals surface area contributed by atoms with Crippen molar-refractivity contribution in [2.45, 2.75) is 25.3 Å². The Labute approximate surface area is 106 Å². The monoisotopic (exact) mass is 245 g/mol. The molecule has 1 aromatic carbocycles. The molecule has 4 nitrogen and oxygen atoms in total. The van der Waals surface area contributed by atoms with Crippen LogP contribution in [0.25, 0.3) is 0 Å². The van der Waals surface area contributed by atoms with E-state index in [1.807, 2.05) is 30.3 Å². The number of amides is 2. The Hall–Kier alpha value is -2.10. The van der Waals surface area contributed by atoms with E-state index in [1.165, 1.54) is 6.08 Å². The number of nitrogens with zero attached hydrogens (tertiary/aromatic N) is 1. The Balaban J connectivity index is 2.19. The van der Waals surface area contributed by atoms with Crippen molar-refractivity contribution < 1.29 is 14.7 Å². The highest BCUT2D eigenvalue weighted by atomic mass is 16.4. The van der Waals surface area contributed by atoms with Crippen molar-refractivity contribution in [2.24, 2.45) is 0 Å². The fourth-order valence-electron chi connectivity index (χ4n) is 2.19. The summed E-state index contributed by atoms with van der Waals surface area (Å²) in [5, 5.41) is 9.15. The minimum Gasteiger partial charge on any atom is -0.465 e.